The molecule has 23 heavy (non-hydrogen) atoms. The Kier molecular flexibility index (Phi) is 3.82. The van der Waals surface area contributed by atoms with Gasteiger partial charge in [0.05, 0.1) is 5.69 Å². The van der Waals surface area contributed by atoms with Crippen molar-refractivity contribution in [2.24, 2.45) is 5.41 Å². The topological polar surface area (TPSA) is 95.6 Å². The number of aryl methyl sites for hydroxylation is 1. The largest absolute Gasteiger partial charge is 0.465 e. The lowest BCUT2D eigenvalue weighted by Gasteiger charge is -2.41. The fraction of sp³-hybridized carbons (Fsp3) is 0.688. The number of hydrogen-bond acceptors (Lipinski definition) is 5. The summed E-state index contributed by atoms with van der Waals surface area (Å²) in [6, 6.07) is -0.0651. The Morgan fingerprint density at radius 3 is 2.74 bits per heavy atom. The summed E-state index contributed by atoms with van der Waals surface area (Å²) in [5.74, 6) is 1.21. The van der Waals surface area contributed by atoms with Crippen LogP contribution in [0.3, 0.4) is 0 Å². The van der Waals surface area contributed by atoms with Crippen molar-refractivity contribution in [2.75, 3.05) is 30.3 Å². The van der Waals surface area contributed by atoms with Crippen molar-refractivity contribution >= 4 is 17.9 Å². The number of nitrogens with two attached hydrogens (primary N) is 1. The zero-order valence-electron chi connectivity index (χ0n) is 14.0. The lowest BCUT2D eigenvalue weighted by atomic mass is 9.76. The first-order chi connectivity index (χ1) is 10.8. The van der Waals surface area contributed by atoms with Gasteiger partial charge in [-0.15, -0.1) is 0 Å². The second kappa shape index (κ2) is 5.54. The Bertz CT molecular complexity index is 631. The highest BCUT2D eigenvalue weighted by Gasteiger charge is 2.33. The quantitative estimate of drug-likeness (QED) is 0.819. The zero-order chi connectivity index (χ0) is 16.8. The van der Waals surface area contributed by atoms with Gasteiger partial charge in [-0.05, 0) is 31.6 Å². The predicted octanol–water partition coefficient (Wildman–Crippen LogP) is 1.76. The van der Waals surface area contributed by atoms with Gasteiger partial charge in [-0.1, -0.05) is 13.8 Å². The molecule has 7 nitrogen and oxygen atoms in total. The van der Waals surface area contributed by atoms with Gasteiger partial charge in [0.15, 0.2) is 0 Å². The summed E-state index contributed by atoms with van der Waals surface area (Å²) in [7, 11) is 0. The third-order valence-corrected chi connectivity index (χ3v) is 4.95. The van der Waals surface area contributed by atoms with Gasteiger partial charge in [-0.2, -0.15) is 4.98 Å². The van der Waals surface area contributed by atoms with Crippen LogP contribution in [-0.4, -0.2) is 51.7 Å². The fourth-order valence-corrected chi connectivity index (χ4v) is 3.64. The Morgan fingerprint density at radius 2 is 2.09 bits per heavy atom. The number of aromatic nitrogens is 2. The third-order valence-electron chi connectivity index (χ3n) is 4.95. The summed E-state index contributed by atoms with van der Waals surface area (Å²) in [5, 5.41) is 9.23. The summed E-state index contributed by atoms with van der Waals surface area (Å²) >= 11 is 0. The maximum atomic E-state index is 11.2. The highest BCUT2D eigenvalue weighted by atomic mass is 16.4. The van der Waals surface area contributed by atoms with Crippen LogP contribution in [0.25, 0.3) is 0 Å². The smallest absolute Gasteiger partial charge is 0.407 e. The van der Waals surface area contributed by atoms with Crippen LogP contribution < -0.4 is 10.6 Å². The second-order valence-electron chi connectivity index (χ2n) is 7.44. The van der Waals surface area contributed by atoms with Gasteiger partial charge in [-0.3, -0.25) is 0 Å². The molecule has 0 radical (unpaired) electrons. The van der Waals surface area contributed by atoms with Crippen LogP contribution in [0.4, 0.5) is 16.6 Å². The monoisotopic (exact) mass is 319 g/mol. The molecule has 126 valence electrons. The molecule has 1 saturated heterocycles. The lowest BCUT2D eigenvalue weighted by molar-refractivity contribution is 0.122. The zero-order valence-corrected chi connectivity index (χ0v) is 14.0. The molecule has 1 aliphatic heterocycles. The molecule has 0 aromatic carbocycles. The first-order valence-corrected chi connectivity index (χ1v) is 8.16. The van der Waals surface area contributed by atoms with E-state index in [2.05, 4.69) is 28.7 Å². The number of nitrogens with zero attached hydrogens (tertiary/aromatic N) is 4. The summed E-state index contributed by atoms with van der Waals surface area (Å²) < 4.78 is 0. The fourth-order valence-electron chi connectivity index (χ4n) is 3.64. The molecular formula is C16H25N5O2. The highest BCUT2D eigenvalue weighted by Crippen LogP contribution is 2.38. The summed E-state index contributed by atoms with van der Waals surface area (Å²) in [6.07, 6.45) is 2.10. The van der Waals surface area contributed by atoms with E-state index in [0.717, 1.165) is 30.8 Å². The van der Waals surface area contributed by atoms with Crippen LogP contribution in [0.1, 0.15) is 38.4 Å². The van der Waals surface area contributed by atoms with E-state index in [1.54, 1.807) is 0 Å². The van der Waals surface area contributed by atoms with Gasteiger partial charge in [0.25, 0.3) is 0 Å². The minimum absolute atomic E-state index is 0.0651. The maximum Gasteiger partial charge on any atom is 0.407 e. The molecule has 2 heterocycles. The molecule has 1 unspecified atom stereocenters. The number of rotatable bonds is 1. The van der Waals surface area contributed by atoms with Crippen molar-refractivity contribution in [3.05, 3.63) is 11.3 Å². The van der Waals surface area contributed by atoms with Gasteiger partial charge >= 0.3 is 6.09 Å². The van der Waals surface area contributed by atoms with E-state index in [0.29, 0.717) is 25.6 Å². The van der Waals surface area contributed by atoms with Crippen LogP contribution in [0.5, 0.6) is 0 Å². The molecule has 7 heteroatoms. The number of carboxylic acid groups (broad SMARTS) is 1. The lowest BCUT2D eigenvalue weighted by Crippen LogP contribution is -2.54. The number of carbonyl (C=O) groups is 1. The average molecular weight is 319 g/mol. The van der Waals surface area contributed by atoms with E-state index in [9.17, 15) is 9.90 Å². The van der Waals surface area contributed by atoms with E-state index in [1.807, 2.05) is 6.92 Å². The van der Waals surface area contributed by atoms with E-state index >= 15 is 0 Å². The number of piperazine rings is 1. The van der Waals surface area contributed by atoms with E-state index in [-0.39, 0.29) is 11.5 Å². The predicted molar refractivity (Wildman–Crippen MR) is 88.7 cm³/mol. The SMILES string of the molecule is CC1CN(c2nc(N)nc3c2CC(C)(C)CC3)CCN1C(=O)O. The minimum atomic E-state index is -0.859. The number of hydrogen-bond donors (Lipinski definition) is 2. The number of fused-ring (bicyclic) bond motifs is 1. The minimum Gasteiger partial charge on any atom is -0.465 e. The van der Waals surface area contributed by atoms with Crippen LogP contribution in [0.2, 0.25) is 0 Å². The molecule has 1 aromatic rings. The molecule has 0 bridgehead atoms. The molecule has 2 aliphatic rings. The van der Waals surface area contributed by atoms with Gasteiger partial charge < -0.3 is 20.6 Å². The van der Waals surface area contributed by atoms with Gasteiger partial charge in [-0.25, -0.2) is 9.78 Å². The third kappa shape index (κ3) is 3.04. The number of amides is 1. The molecule has 1 fully saturated rings. The van der Waals surface area contributed by atoms with Crippen LogP contribution >= 0.6 is 0 Å². The standard InChI is InChI=1S/C16H25N5O2/c1-10-9-20(6-7-21(10)15(22)23)13-11-8-16(2,3)5-4-12(11)18-14(17)19-13/h10H,4-9H2,1-3H3,(H,22,23)(H2,17,18,19). The van der Waals surface area contributed by atoms with Crippen molar-refractivity contribution in [1.29, 1.82) is 0 Å². The first-order valence-electron chi connectivity index (χ1n) is 8.16. The molecule has 0 spiro atoms. The van der Waals surface area contributed by atoms with E-state index in [1.165, 1.54) is 10.5 Å². The molecule has 1 aliphatic carbocycles. The van der Waals surface area contributed by atoms with Crippen LogP contribution in [0.15, 0.2) is 0 Å². The Morgan fingerprint density at radius 1 is 1.35 bits per heavy atom. The maximum absolute atomic E-state index is 11.2. The summed E-state index contributed by atoms with van der Waals surface area (Å²) in [4.78, 5) is 23.8. The van der Waals surface area contributed by atoms with Gasteiger partial charge in [0.1, 0.15) is 5.82 Å². The molecule has 3 rings (SSSR count). The van der Waals surface area contributed by atoms with Crippen molar-refractivity contribution in [3.63, 3.8) is 0 Å². The Balaban J connectivity index is 1.92. The van der Waals surface area contributed by atoms with Crippen molar-refractivity contribution in [2.45, 2.75) is 46.1 Å². The molecule has 3 N–H and O–H groups in total. The van der Waals surface area contributed by atoms with Crippen molar-refractivity contribution in [1.82, 2.24) is 14.9 Å². The van der Waals surface area contributed by atoms with E-state index < -0.39 is 6.09 Å². The number of anilines is 2. The summed E-state index contributed by atoms with van der Waals surface area (Å²) in [6.45, 7) is 8.22. The normalized spacial score (nSPS) is 23.5. The molecule has 1 atom stereocenters. The molecule has 1 aromatic heterocycles. The van der Waals surface area contributed by atoms with E-state index in [4.69, 9.17) is 5.73 Å². The summed E-state index contributed by atoms with van der Waals surface area (Å²) in [5.41, 5.74) is 8.39. The average Bonchev–Trinajstić information content (AvgIpc) is 2.46. The Hall–Kier alpha value is -2.05. The van der Waals surface area contributed by atoms with Crippen molar-refractivity contribution < 1.29 is 9.90 Å². The highest BCUT2D eigenvalue weighted by molar-refractivity contribution is 5.66. The molecular weight excluding hydrogens is 294 g/mol. The van der Waals surface area contributed by atoms with Crippen molar-refractivity contribution in [3.8, 4) is 0 Å². The second-order valence-corrected chi connectivity index (χ2v) is 7.44. The number of nitrogen functional groups attached to an aromatic ring is 1. The molecule has 1 amide bonds. The molecule has 0 saturated carbocycles. The van der Waals surface area contributed by atoms with Crippen LogP contribution in [-0.2, 0) is 12.8 Å². The van der Waals surface area contributed by atoms with Crippen LogP contribution in [0, 0.1) is 5.41 Å². The van der Waals surface area contributed by atoms with Gasteiger partial charge in [0, 0.05) is 31.2 Å². The van der Waals surface area contributed by atoms with Gasteiger partial charge in [0.2, 0.25) is 5.95 Å². The first kappa shape index (κ1) is 15.8. The Labute approximate surface area is 136 Å².